The fourth-order valence-corrected chi connectivity index (χ4v) is 6.02. The Morgan fingerprint density at radius 1 is 1.33 bits per heavy atom. The molecule has 9 heteroatoms. The van der Waals surface area contributed by atoms with Crippen LogP contribution in [0.5, 0.6) is 0 Å². The van der Waals surface area contributed by atoms with Gasteiger partial charge in [0.1, 0.15) is 4.21 Å². The zero-order valence-electron chi connectivity index (χ0n) is 13.0. The van der Waals surface area contributed by atoms with Gasteiger partial charge >= 0.3 is 0 Å². The molecule has 0 saturated heterocycles. The van der Waals surface area contributed by atoms with Crippen molar-refractivity contribution in [3.8, 4) is 0 Å². The van der Waals surface area contributed by atoms with Crippen molar-refractivity contribution in [3.05, 3.63) is 50.4 Å². The van der Waals surface area contributed by atoms with Gasteiger partial charge in [-0.05, 0) is 43.0 Å². The zero-order chi connectivity index (χ0) is 17.6. The predicted molar refractivity (Wildman–Crippen MR) is 94.7 cm³/mol. The van der Waals surface area contributed by atoms with E-state index in [4.69, 9.17) is 16.7 Å². The smallest absolute Gasteiger partial charge is 0.291 e. The van der Waals surface area contributed by atoms with Crippen LogP contribution >= 0.6 is 22.9 Å². The molecule has 2 aromatic heterocycles. The van der Waals surface area contributed by atoms with E-state index in [0.29, 0.717) is 10.6 Å². The summed E-state index contributed by atoms with van der Waals surface area (Å²) in [7, 11) is -3.94. The van der Waals surface area contributed by atoms with Crippen molar-refractivity contribution in [2.45, 2.75) is 24.5 Å². The molecule has 0 unspecified atom stereocenters. The molecule has 2 heterocycles. The van der Waals surface area contributed by atoms with E-state index in [1.54, 1.807) is 32.0 Å². The highest BCUT2D eigenvalue weighted by molar-refractivity contribution is 7.92. The highest BCUT2D eigenvalue weighted by Gasteiger charge is 2.27. The van der Waals surface area contributed by atoms with Gasteiger partial charge in [0.15, 0.2) is 0 Å². The molecule has 3 rings (SSSR count). The second kappa shape index (κ2) is 6.03. The molecule has 24 heavy (non-hydrogen) atoms. The van der Waals surface area contributed by atoms with Crippen LogP contribution in [-0.4, -0.2) is 29.3 Å². The molecule has 0 fully saturated rings. The van der Waals surface area contributed by atoms with Gasteiger partial charge in [-0.25, -0.2) is 5.10 Å². The number of aryl methyl sites for hydroxylation is 1. The Morgan fingerprint density at radius 3 is 2.71 bits per heavy atom. The minimum atomic E-state index is -3.94. The number of nitrogens with one attached hydrogen (secondary N) is 1. The number of aliphatic hydroxyl groups is 1. The van der Waals surface area contributed by atoms with E-state index in [-0.39, 0.29) is 28.5 Å². The van der Waals surface area contributed by atoms with Crippen LogP contribution in [0.1, 0.15) is 16.8 Å². The lowest BCUT2D eigenvalue weighted by molar-refractivity contribution is 0.299. The summed E-state index contributed by atoms with van der Waals surface area (Å²) < 4.78 is 27.9. The average Bonchev–Trinajstić information content (AvgIpc) is 3.00. The Balaban J connectivity index is 2.24. The summed E-state index contributed by atoms with van der Waals surface area (Å²) in [5.41, 5.74) is 0.633. The van der Waals surface area contributed by atoms with Crippen molar-refractivity contribution in [2.24, 2.45) is 0 Å². The molecule has 0 radical (unpaired) electrons. The molecule has 128 valence electrons. The van der Waals surface area contributed by atoms with Crippen LogP contribution in [0.2, 0.25) is 5.02 Å². The molecule has 3 aromatic rings. The maximum atomic E-state index is 13.0. The number of H-pyrrole nitrogens is 1. The lowest BCUT2D eigenvalue weighted by Gasteiger charge is -2.07. The van der Waals surface area contributed by atoms with Crippen molar-refractivity contribution in [3.63, 3.8) is 0 Å². The Kier molecular flexibility index (Phi) is 4.33. The molecule has 0 bridgehead atoms. The Bertz CT molecular complexity index is 1090. The molecule has 0 amide bonds. The lowest BCUT2D eigenvalue weighted by atomic mass is 10.2. The minimum absolute atomic E-state index is 0.102. The summed E-state index contributed by atoms with van der Waals surface area (Å²) in [6.45, 7) is 3.03. The number of halogens is 1. The molecule has 0 aliphatic rings. The van der Waals surface area contributed by atoms with Crippen LogP contribution in [-0.2, 0) is 16.4 Å². The van der Waals surface area contributed by atoms with Gasteiger partial charge in [-0.1, -0.05) is 11.6 Å². The summed E-state index contributed by atoms with van der Waals surface area (Å²) in [6, 6.07) is 5.21. The number of aliphatic hydroxyl groups excluding tert-OH is 1. The van der Waals surface area contributed by atoms with Gasteiger partial charge in [-0.2, -0.15) is 12.5 Å². The number of aromatic amines is 1. The molecule has 0 atom stereocenters. The Labute approximate surface area is 147 Å². The van der Waals surface area contributed by atoms with Crippen LogP contribution in [0.3, 0.4) is 0 Å². The third-order valence-corrected chi connectivity index (χ3v) is 7.71. The van der Waals surface area contributed by atoms with Crippen molar-refractivity contribution < 1.29 is 13.5 Å². The number of benzene rings is 1. The summed E-state index contributed by atoms with van der Waals surface area (Å²) >= 11 is 7.13. The molecular weight excluding hydrogens is 372 g/mol. The highest BCUT2D eigenvalue weighted by Crippen LogP contribution is 2.36. The summed E-state index contributed by atoms with van der Waals surface area (Å²) in [4.78, 5) is 12.0. The molecular formula is C15H15ClN2O4S2. The Morgan fingerprint density at radius 2 is 2.04 bits per heavy atom. The maximum absolute atomic E-state index is 13.0. The summed E-state index contributed by atoms with van der Waals surface area (Å²) in [6.07, 6.45) is 0.102. The second-order valence-electron chi connectivity index (χ2n) is 5.40. The quantitative estimate of drug-likeness (QED) is 0.720. The van der Waals surface area contributed by atoms with Gasteiger partial charge in [-0.3, -0.25) is 4.79 Å². The molecule has 0 spiro atoms. The molecule has 0 aliphatic heterocycles. The fraction of sp³-hybridized carbons (Fsp3) is 0.267. The van der Waals surface area contributed by atoms with Gasteiger partial charge in [-0.15, -0.1) is 11.3 Å². The van der Waals surface area contributed by atoms with Gasteiger partial charge in [0.2, 0.25) is 0 Å². The maximum Gasteiger partial charge on any atom is 0.291 e. The number of thiophene rings is 1. The highest BCUT2D eigenvalue weighted by atomic mass is 35.5. The van der Waals surface area contributed by atoms with Gasteiger partial charge in [0.05, 0.1) is 5.69 Å². The first-order chi connectivity index (χ1) is 11.3. The first kappa shape index (κ1) is 17.2. The first-order valence-corrected chi connectivity index (χ1v) is 9.76. The van der Waals surface area contributed by atoms with E-state index < -0.39 is 15.6 Å². The van der Waals surface area contributed by atoms with Crippen LogP contribution < -0.4 is 5.56 Å². The van der Waals surface area contributed by atoms with Crippen molar-refractivity contribution in [2.75, 3.05) is 6.61 Å². The number of nitrogens with zero attached hydrogens (tertiary/aromatic N) is 1. The van der Waals surface area contributed by atoms with Gasteiger partial charge in [0.25, 0.3) is 15.6 Å². The third-order valence-electron chi connectivity index (χ3n) is 3.91. The van der Waals surface area contributed by atoms with Crippen LogP contribution in [0.25, 0.3) is 10.1 Å². The lowest BCUT2D eigenvalue weighted by Crippen LogP contribution is -2.17. The number of fused-ring (bicyclic) bond motifs is 1. The fourth-order valence-electron chi connectivity index (χ4n) is 2.68. The monoisotopic (exact) mass is 386 g/mol. The van der Waals surface area contributed by atoms with Crippen LogP contribution in [0, 0.1) is 13.8 Å². The SMILES string of the molecule is Cc1c(S(=O)(=O)n2[nH]c(=O)c(CCO)c2C)sc2ccc(Cl)cc12. The van der Waals surface area contributed by atoms with E-state index >= 15 is 0 Å². The predicted octanol–water partition coefficient (Wildman–Crippen LogP) is 2.43. The standard InChI is InChI=1S/C15H15ClN2O4S2/c1-8-12-7-10(16)3-4-13(12)23-15(8)24(21,22)18-9(2)11(5-6-19)14(20)17-18/h3-4,7,19H,5-6H2,1-2H3,(H,17,20). The summed E-state index contributed by atoms with van der Waals surface area (Å²) in [5.74, 6) is 0. The molecule has 6 nitrogen and oxygen atoms in total. The van der Waals surface area contributed by atoms with Gasteiger partial charge < -0.3 is 5.11 Å². The van der Waals surface area contributed by atoms with Crippen LogP contribution in [0.4, 0.5) is 0 Å². The normalized spacial score (nSPS) is 12.2. The van der Waals surface area contributed by atoms with Crippen molar-refractivity contribution in [1.82, 2.24) is 9.19 Å². The first-order valence-electron chi connectivity index (χ1n) is 7.13. The molecule has 0 aliphatic carbocycles. The van der Waals surface area contributed by atoms with E-state index in [2.05, 4.69) is 5.10 Å². The van der Waals surface area contributed by atoms with E-state index in [1.807, 2.05) is 0 Å². The number of hydrogen-bond acceptors (Lipinski definition) is 5. The van der Waals surface area contributed by atoms with E-state index in [9.17, 15) is 13.2 Å². The topological polar surface area (TPSA) is 92.2 Å². The summed E-state index contributed by atoms with van der Waals surface area (Å²) in [5, 5.41) is 12.7. The number of aromatic nitrogens is 2. The minimum Gasteiger partial charge on any atom is -0.396 e. The van der Waals surface area contributed by atoms with Crippen molar-refractivity contribution >= 4 is 43.0 Å². The molecule has 2 N–H and O–H groups in total. The van der Waals surface area contributed by atoms with Crippen molar-refractivity contribution in [1.29, 1.82) is 0 Å². The largest absolute Gasteiger partial charge is 0.396 e. The van der Waals surface area contributed by atoms with E-state index in [0.717, 1.165) is 25.5 Å². The molecule has 0 saturated carbocycles. The number of hydrogen-bond donors (Lipinski definition) is 2. The number of rotatable bonds is 4. The third kappa shape index (κ3) is 2.59. The van der Waals surface area contributed by atoms with E-state index in [1.165, 1.54) is 0 Å². The van der Waals surface area contributed by atoms with Gasteiger partial charge in [0, 0.05) is 28.3 Å². The molecule has 1 aromatic carbocycles. The Hall–Kier alpha value is -1.61. The second-order valence-corrected chi connectivity index (χ2v) is 8.87. The van der Waals surface area contributed by atoms with Crippen LogP contribution in [0.15, 0.2) is 27.2 Å². The average molecular weight is 387 g/mol. The zero-order valence-corrected chi connectivity index (χ0v) is 15.3.